The molecule has 0 saturated heterocycles. The van der Waals surface area contributed by atoms with Crippen LogP contribution >= 0.6 is 15.6 Å². The van der Waals surface area contributed by atoms with Crippen molar-refractivity contribution in [3.8, 4) is 0 Å². The molecule has 0 aliphatic carbocycles. The molecule has 0 saturated carbocycles. The number of unbranched alkanes of at least 4 members (excludes halogenated alkanes) is 39. The Labute approximate surface area is 505 Å². The van der Waals surface area contributed by atoms with Gasteiger partial charge in [0.1, 0.15) is 19.3 Å². The summed E-state index contributed by atoms with van der Waals surface area (Å²) in [4.78, 5) is 71.6. The zero-order valence-corrected chi connectivity index (χ0v) is 54.9. The smallest absolute Gasteiger partial charge is 0.462 e. The number of carbonyl (C=O) groups excluding carboxylic acids is 4. The fourth-order valence-corrected chi connectivity index (χ4v) is 11.2. The minimum absolute atomic E-state index is 0.0992. The molecule has 0 heterocycles. The highest BCUT2D eigenvalue weighted by Gasteiger charge is 2.30. The van der Waals surface area contributed by atoms with Crippen molar-refractivity contribution in [2.24, 2.45) is 0 Å². The molecule has 0 fully saturated rings. The number of ether oxygens (including phenoxy) is 4. The van der Waals surface area contributed by atoms with Gasteiger partial charge in [0.25, 0.3) is 0 Å². The molecule has 0 aromatic rings. The Morgan fingerprint density at radius 1 is 0.289 bits per heavy atom. The minimum atomic E-state index is -4.94. The molecule has 0 aromatic carbocycles. The van der Waals surface area contributed by atoms with Crippen LogP contribution in [0.25, 0.3) is 0 Å². The second-order valence-electron chi connectivity index (χ2n) is 23.2. The van der Waals surface area contributed by atoms with Crippen LogP contribution in [-0.4, -0.2) is 96.7 Å². The fourth-order valence-electron chi connectivity index (χ4n) is 9.63. The van der Waals surface area contributed by atoms with Crippen LogP contribution in [0, 0.1) is 0 Å². The first-order chi connectivity index (χ1) is 40.2. The van der Waals surface area contributed by atoms with Crippen LogP contribution in [-0.2, 0) is 65.4 Å². The molecule has 3 N–H and O–H groups in total. The Hall–Kier alpha value is -1.94. The molecule has 0 aliphatic rings. The van der Waals surface area contributed by atoms with Crippen molar-refractivity contribution in [1.29, 1.82) is 0 Å². The quantitative estimate of drug-likeness (QED) is 0.0222. The molecule has 19 heteroatoms. The number of aliphatic hydroxyl groups is 1. The molecule has 2 unspecified atom stereocenters. The predicted molar refractivity (Wildman–Crippen MR) is 331 cm³/mol. The molecule has 0 aromatic heterocycles. The predicted octanol–water partition coefficient (Wildman–Crippen LogP) is 17.9. The van der Waals surface area contributed by atoms with Gasteiger partial charge in [-0.25, -0.2) is 9.13 Å². The largest absolute Gasteiger partial charge is 0.472 e. The summed E-state index contributed by atoms with van der Waals surface area (Å²) < 4.78 is 67.5. The van der Waals surface area contributed by atoms with Crippen molar-refractivity contribution in [2.75, 3.05) is 39.6 Å². The van der Waals surface area contributed by atoms with Gasteiger partial charge in [0.2, 0.25) is 0 Å². The Morgan fingerprint density at radius 3 is 0.711 bits per heavy atom. The topological polar surface area (TPSA) is 237 Å². The molecule has 0 radical (unpaired) electrons. The summed E-state index contributed by atoms with van der Waals surface area (Å²) >= 11 is 0. The Balaban J connectivity index is 4.99. The van der Waals surface area contributed by atoms with E-state index in [2.05, 4.69) is 27.7 Å². The lowest BCUT2D eigenvalue weighted by Crippen LogP contribution is -2.30. The van der Waals surface area contributed by atoms with E-state index >= 15 is 0 Å². The van der Waals surface area contributed by atoms with E-state index in [9.17, 15) is 43.2 Å². The SMILES string of the molecule is CCCCCCCCCCCCCCCCCCCCCCCCC(=O)O[C@H](COC(=O)CCCCCCCCCCCCC)COP(=O)(O)OC[C@@H](O)COP(=O)(O)OC[C@@H](COC(=O)CCCCCCC)OC(=O)CCCCCCC. The van der Waals surface area contributed by atoms with Crippen LogP contribution in [0.5, 0.6) is 0 Å². The summed E-state index contributed by atoms with van der Waals surface area (Å²) in [6, 6.07) is 0. The Bertz CT molecular complexity index is 1600. The van der Waals surface area contributed by atoms with E-state index < -0.39 is 97.5 Å². The van der Waals surface area contributed by atoms with Crippen molar-refractivity contribution in [1.82, 2.24) is 0 Å². The van der Waals surface area contributed by atoms with Crippen molar-refractivity contribution in [3.63, 3.8) is 0 Å². The maximum Gasteiger partial charge on any atom is 0.472 e. The normalized spacial score (nSPS) is 14.2. The molecule has 0 bridgehead atoms. The van der Waals surface area contributed by atoms with Crippen LogP contribution in [0.4, 0.5) is 0 Å². The van der Waals surface area contributed by atoms with E-state index in [0.717, 1.165) is 96.3 Å². The third-order valence-corrected chi connectivity index (χ3v) is 16.8. The number of rotatable bonds is 65. The molecule has 5 atom stereocenters. The molecular formula is C64H124O17P2. The van der Waals surface area contributed by atoms with Gasteiger partial charge in [-0.15, -0.1) is 0 Å². The number of esters is 4. The van der Waals surface area contributed by atoms with E-state index in [1.807, 2.05) is 0 Å². The second-order valence-corrected chi connectivity index (χ2v) is 26.1. The summed E-state index contributed by atoms with van der Waals surface area (Å²) in [6.07, 6.45) is 45.5. The summed E-state index contributed by atoms with van der Waals surface area (Å²) in [5, 5.41) is 10.5. The summed E-state index contributed by atoms with van der Waals surface area (Å²) in [5.74, 6) is -2.16. The van der Waals surface area contributed by atoms with E-state index in [0.29, 0.717) is 25.7 Å². The molecule has 492 valence electrons. The van der Waals surface area contributed by atoms with Crippen molar-refractivity contribution in [2.45, 2.75) is 348 Å². The lowest BCUT2D eigenvalue weighted by atomic mass is 10.0. The van der Waals surface area contributed by atoms with Gasteiger partial charge in [-0.05, 0) is 25.7 Å². The van der Waals surface area contributed by atoms with Gasteiger partial charge in [-0.1, -0.05) is 278 Å². The molecular weight excluding hydrogens is 1100 g/mol. The molecule has 0 amide bonds. The highest BCUT2D eigenvalue weighted by Crippen LogP contribution is 2.45. The van der Waals surface area contributed by atoms with Crippen LogP contribution in [0.1, 0.15) is 329 Å². The number of phosphoric acid groups is 2. The third kappa shape index (κ3) is 58.8. The van der Waals surface area contributed by atoms with E-state index in [1.54, 1.807) is 0 Å². The second kappa shape index (κ2) is 59.0. The first-order valence-electron chi connectivity index (χ1n) is 33.8. The summed E-state index contributed by atoms with van der Waals surface area (Å²) in [6.45, 7) is 4.70. The highest BCUT2D eigenvalue weighted by atomic mass is 31.2. The van der Waals surface area contributed by atoms with Crippen molar-refractivity contribution < 1.29 is 80.2 Å². The van der Waals surface area contributed by atoms with Crippen LogP contribution < -0.4 is 0 Å². The van der Waals surface area contributed by atoms with Gasteiger partial charge >= 0.3 is 39.5 Å². The highest BCUT2D eigenvalue weighted by molar-refractivity contribution is 7.47. The van der Waals surface area contributed by atoms with Gasteiger partial charge in [0.05, 0.1) is 26.4 Å². The van der Waals surface area contributed by atoms with E-state index in [-0.39, 0.29) is 25.7 Å². The minimum Gasteiger partial charge on any atom is -0.462 e. The zero-order valence-electron chi connectivity index (χ0n) is 53.2. The number of hydrogen-bond donors (Lipinski definition) is 3. The van der Waals surface area contributed by atoms with E-state index in [1.165, 1.54) is 154 Å². The number of hydrogen-bond acceptors (Lipinski definition) is 15. The average molecular weight is 1230 g/mol. The zero-order chi connectivity index (χ0) is 61.2. The van der Waals surface area contributed by atoms with Gasteiger partial charge in [-0.3, -0.25) is 37.3 Å². The molecule has 0 aliphatic heterocycles. The maximum absolute atomic E-state index is 13.0. The van der Waals surface area contributed by atoms with Crippen LogP contribution in [0.15, 0.2) is 0 Å². The van der Waals surface area contributed by atoms with Crippen molar-refractivity contribution >= 4 is 39.5 Å². The van der Waals surface area contributed by atoms with E-state index in [4.69, 9.17) is 37.0 Å². The maximum atomic E-state index is 13.0. The molecule has 0 rings (SSSR count). The fraction of sp³-hybridized carbons (Fsp3) is 0.938. The third-order valence-electron chi connectivity index (χ3n) is 14.9. The first kappa shape index (κ1) is 81.1. The van der Waals surface area contributed by atoms with Gasteiger partial charge in [-0.2, -0.15) is 0 Å². The molecule has 17 nitrogen and oxygen atoms in total. The van der Waals surface area contributed by atoms with Crippen LogP contribution in [0.2, 0.25) is 0 Å². The van der Waals surface area contributed by atoms with Crippen LogP contribution in [0.3, 0.4) is 0 Å². The molecule has 83 heavy (non-hydrogen) atoms. The Kier molecular flexibility index (Phi) is 57.7. The average Bonchev–Trinajstić information content (AvgIpc) is 3.46. The lowest BCUT2D eigenvalue weighted by molar-refractivity contribution is -0.161. The number of aliphatic hydroxyl groups excluding tert-OH is 1. The van der Waals surface area contributed by atoms with Gasteiger partial charge < -0.3 is 33.8 Å². The molecule has 0 spiro atoms. The lowest BCUT2D eigenvalue weighted by Gasteiger charge is -2.21. The van der Waals surface area contributed by atoms with Crippen molar-refractivity contribution in [3.05, 3.63) is 0 Å². The number of carbonyl (C=O) groups is 4. The Morgan fingerprint density at radius 2 is 0.482 bits per heavy atom. The monoisotopic (exact) mass is 1230 g/mol. The summed E-state index contributed by atoms with van der Waals surface area (Å²) in [5.41, 5.74) is 0. The van der Waals surface area contributed by atoms with Gasteiger partial charge in [0, 0.05) is 25.7 Å². The van der Waals surface area contributed by atoms with Gasteiger partial charge in [0.15, 0.2) is 12.2 Å². The first-order valence-corrected chi connectivity index (χ1v) is 36.8. The summed E-state index contributed by atoms with van der Waals surface area (Å²) in [7, 11) is -9.86. The number of phosphoric ester groups is 2. The standard InChI is InChI=1S/C64H124O17P2/c1-5-9-13-17-19-21-23-24-25-26-27-28-29-30-31-32-33-35-37-39-43-47-51-64(69)81-60(55-75-62(67)49-45-42-38-36-34-22-20-18-14-10-6-2)57-79-83(72,73)77-53-58(65)52-76-82(70,71)78-56-59(80-63(68)50-46-41-16-12-8-4)54-74-61(66)48-44-40-15-11-7-3/h58-60,65H,5-57H2,1-4H3,(H,70,71)(H,72,73)/t58-,59+,60+/m0/s1.